The smallest absolute Gasteiger partial charge is 0.411 e. The lowest BCUT2D eigenvalue weighted by Crippen LogP contribution is -2.15. The van der Waals surface area contributed by atoms with Gasteiger partial charge in [0, 0.05) is 0 Å². The molecule has 0 radical (unpaired) electrons. The zero-order valence-corrected chi connectivity index (χ0v) is 11.8. The van der Waals surface area contributed by atoms with E-state index in [2.05, 4.69) is 19.2 Å². The highest BCUT2D eigenvalue weighted by Crippen LogP contribution is 2.24. The molecule has 1 aromatic rings. The number of hydrogen-bond donors (Lipinski definition) is 1. The zero-order valence-electron chi connectivity index (χ0n) is 11.8. The van der Waals surface area contributed by atoms with E-state index in [0.29, 0.717) is 24.7 Å². The number of carbonyl (C=O) groups excluding carboxylic acids is 1. The summed E-state index contributed by atoms with van der Waals surface area (Å²) in [5.41, 5.74) is 0.653. The monoisotopic (exact) mass is 265 g/mol. The Morgan fingerprint density at radius 3 is 2.53 bits per heavy atom. The van der Waals surface area contributed by atoms with Crippen LogP contribution in [0.4, 0.5) is 10.5 Å². The molecule has 1 rings (SSSR count). The number of unbranched alkanes of at least 4 members (excludes halogenated alkanes) is 2. The molecule has 106 valence electrons. The van der Waals surface area contributed by atoms with Gasteiger partial charge in [-0.05, 0) is 25.0 Å². The number of carbonyl (C=O) groups is 1. The lowest BCUT2D eigenvalue weighted by molar-refractivity contribution is 0.159. The molecule has 1 amide bonds. The summed E-state index contributed by atoms with van der Waals surface area (Å²) in [4.78, 5) is 11.6. The Morgan fingerprint density at radius 2 is 1.79 bits per heavy atom. The van der Waals surface area contributed by atoms with Gasteiger partial charge in [0.05, 0.1) is 18.9 Å². The number of rotatable bonds is 8. The summed E-state index contributed by atoms with van der Waals surface area (Å²) < 4.78 is 10.7. The molecule has 0 saturated carbocycles. The quantitative estimate of drug-likeness (QED) is 0.716. The molecule has 4 nitrogen and oxygen atoms in total. The van der Waals surface area contributed by atoms with Crippen LogP contribution >= 0.6 is 0 Å². The number of anilines is 1. The fraction of sp³-hybridized carbons (Fsp3) is 0.533. The maximum absolute atomic E-state index is 11.6. The van der Waals surface area contributed by atoms with Crippen LogP contribution in [0.1, 0.15) is 39.5 Å². The highest BCUT2D eigenvalue weighted by molar-refractivity contribution is 5.86. The summed E-state index contributed by atoms with van der Waals surface area (Å²) in [6.07, 6.45) is 3.52. The Labute approximate surface area is 115 Å². The lowest BCUT2D eigenvalue weighted by atomic mass is 10.3. The largest absolute Gasteiger partial charge is 0.491 e. The van der Waals surface area contributed by atoms with Crippen molar-refractivity contribution < 1.29 is 14.3 Å². The van der Waals surface area contributed by atoms with Crippen molar-refractivity contribution in [1.82, 2.24) is 0 Å². The molecule has 1 aromatic carbocycles. The second-order valence-corrected chi connectivity index (χ2v) is 4.31. The van der Waals surface area contributed by atoms with Crippen LogP contribution in [0.2, 0.25) is 0 Å². The van der Waals surface area contributed by atoms with Crippen LogP contribution < -0.4 is 10.1 Å². The van der Waals surface area contributed by atoms with Crippen molar-refractivity contribution in [3.8, 4) is 5.75 Å². The van der Waals surface area contributed by atoms with E-state index in [4.69, 9.17) is 9.47 Å². The van der Waals surface area contributed by atoms with Gasteiger partial charge in [-0.3, -0.25) is 5.32 Å². The van der Waals surface area contributed by atoms with Crippen LogP contribution in [0.5, 0.6) is 5.75 Å². The maximum atomic E-state index is 11.6. The van der Waals surface area contributed by atoms with Crippen molar-refractivity contribution in [3.63, 3.8) is 0 Å². The molecule has 0 aliphatic carbocycles. The van der Waals surface area contributed by atoms with Crippen LogP contribution in [0.15, 0.2) is 24.3 Å². The average Bonchev–Trinajstić information content (AvgIpc) is 2.41. The van der Waals surface area contributed by atoms with Gasteiger partial charge in [-0.2, -0.15) is 0 Å². The Balaban J connectivity index is 2.49. The summed E-state index contributed by atoms with van der Waals surface area (Å²) in [5.74, 6) is 0.684. The molecular formula is C15H23NO3. The predicted molar refractivity (Wildman–Crippen MR) is 76.7 cm³/mol. The number of amides is 1. The Morgan fingerprint density at radius 1 is 1.11 bits per heavy atom. The van der Waals surface area contributed by atoms with Gasteiger partial charge < -0.3 is 9.47 Å². The van der Waals surface area contributed by atoms with Crippen molar-refractivity contribution in [2.24, 2.45) is 0 Å². The van der Waals surface area contributed by atoms with E-state index >= 15 is 0 Å². The first kappa shape index (κ1) is 15.3. The molecule has 0 unspecified atom stereocenters. The minimum absolute atomic E-state index is 0.431. The second-order valence-electron chi connectivity index (χ2n) is 4.31. The normalized spacial score (nSPS) is 10.0. The molecule has 0 atom stereocenters. The Kier molecular flexibility index (Phi) is 7.47. The number of nitrogens with one attached hydrogen (secondary N) is 1. The standard InChI is InChI=1S/C15H23NO3/c1-3-5-11-18-14-10-8-7-9-13(14)16-15(17)19-12-6-4-2/h7-10H,3-6,11-12H2,1-2H3,(H,16,17). The molecule has 0 spiro atoms. The van der Waals surface area contributed by atoms with E-state index in [1.807, 2.05) is 24.3 Å². The summed E-state index contributed by atoms with van der Waals surface area (Å²) in [7, 11) is 0. The number of benzene rings is 1. The third-order valence-electron chi connectivity index (χ3n) is 2.61. The fourth-order valence-electron chi connectivity index (χ4n) is 1.48. The second kappa shape index (κ2) is 9.25. The summed E-state index contributed by atoms with van der Waals surface area (Å²) in [6.45, 7) is 5.26. The molecule has 0 saturated heterocycles. The van der Waals surface area contributed by atoms with Gasteiger partial charge in [0.1, 0.15) is 5.75 Å². The molecule has 0 heterocycles. The van der Waals surface area contributed by atoms with Crippen molar-refractivity contribution in [2.45, 2.75) is 39.5 Å². The Hall–Kier alpha value is -1.71. The highest BCUT2D eigenvalue weighted by atomic mass is 16.5. The van der Waals surface area contributed by atoms with E-state index in [-0.39, 0.29) is 0 Å². The van der Waals surface area contributed by atoms with Gasteiger partial charge >= 0.3 is 6.09 Å². The van der Waals surface area contributed by atoms with Crippen molar-refractivity contribution in [3.05, 3.63) is 24.3 Å². The first-order valence-corrected chi connectivity index (χ1v) is 6.93. The van der Waals surface area contributed by atoms with E-state index in [0.717, 1.165) is 25.7 Å². The van der Waals surface area contributed by atoms with Gasteiger partial charge in [0.15, 0.2) is 0 Å². The van der Waals surface area contributed by atoms with Crippen LogP contribution in [-0.2, 0) is 4.74 Å². The molecule has 0 fully saturated rings. The summed E-state index contributed by atoms with van der Waals surface area (Å²) in [5, 5.41) is 2.71. The fourth-order valence-corrected chi connectivity index (χ4v) is 1.48. The first-order chi connectivity index (χ1) is 9.27. The molecule has 1 N–H and O–H groups in total. The summed E-state index contributed by atoms with van der Waals surface area (Å²) >= 11 is 0. The van der Waals surface area contributed by atoms with Crippen molar-refractivity contribution >= 4 is 11.8 Å². The van der Waals surface area contributed by atoms with Crippen LogP contribution in [0.3, 0.4) is 0 Å². The van der Waals surface area contributed by atoms with Crippen LogP contribution in [-0.4, -0.2) is 19.3 Å². The maximum Gasteiger partial charge on any atom is 0.411 e. The predicted octanol–water partition coefficient (Wildman–Crippen LogP) is 4.21. The topological polar surface area (TPSA) is 47.6 Å². The van der Waals surface area contributed by atoms with Gasteiger partial charge in [-0.15, -0.1) is 0 Å². The van der Waals surface area contributed by atoms with E-state index in [1.54, 1.807) is 0 Å². The molecule has 0 bridgehead atoms. The number of para-hydroxylation sites is 2. The van der Waals surface area contributed by atoms with E-state index in [1.165, 1.54) is 0 Å². The zero-order chi connectivity index (χ0) is 13.9. The van der Waals surface area contributed by atoms with Gasteiger partial charge in [0.25, 0.3) is 0 Å². The third kappa shape index (κ3) is 6.13. The molecular weight excluding hydrogens is 242 g/mol. The molecule has 0 aromatic heterocycles. The van der Waals surface area contributed by atoms with Gasteiger partial charge in [-0.1, -0.05) is 38.8 Å². The van der Waals surface area contributed by atoms with E-state index < -0.39 is 6.09 Å². The lowest BCUT2D eigenvalue weighted by Gasteiger charge is -2.12. The average molecular weight is 265 g/mol. The highest BCUT2D eigenvalue weighted by Gasteiger charge is 2.07. The third-order valence-corrected chi connectivity index (χ3v) is 2.61. The molecule has 0 aliphatic rings. The van der Waals surface area contributed by atoms with Crippen LogP contribution in [0, 0.1) is 0 Å². The van der Waals surface area contributed by atoms with Crippen LogP contribution in [0.25, 0.3) is 0 Å². The van der Waals surface area contributed by atoms with Crippen molar-refractivity contribution in [1.29, 1.82) is 0 Å². The molecule has 0 aliphatic heterocycles. The molecule has 4 heteroatoms. The minimum atomic E-state index is -0.431. The minimum Gasteiger partial charge on any atom is -0.491 e. The summed E-state index contributed by atoms with van der Waals surface area (Å²) in [6, 6.07) is 7.39. The first-order valence-electron chi connectivity index (χ1n) is 6.93. The SMILES string of the molecule is CCCCOC(=O)Nc1ccccc1OCCCC. The molecule has 19 heavy (non-hydrogen) atoms. The number of ether oxygens (including phenoxy) is 2. The Bertz CT molecular complexity index is 379. The van der Waals surface area contributed by atoms with Gasteiger partial charge in [-0.25, -0.2) is 4.79 Å². The van der Waals surface area contributed by atoms with Crippen molar-refractivity contribution in [2.75, 3.05) is 18.5 Å². The number of hydrogen-bond acceptors (Lipinski definition) is 3. The van der Waals surface area contributed by atoms with Gasteiger partial charge in [0.2, 0.25) is 0 Å². The van der Waals surface area contributed by atoms with E-state index in [9.17, 15) is 4.79 Å².